The molecule has 1 saturated heterocycles. The number of amides is 1. The fourth-order valence-electron chi connectivity index (χ4n) is 3.60. The fourth-order valence-corrected chi connectivity index (χ4v) is 5.10. The Kier molecular flexibility index (Phi) is 6.16. The molecule has 0 bridgehead atoms. The zero-order valence-corrected chi connectivity index (χ0v) is 15.9. The summed E-state index contributed by atoms with van der Waals surface area (Å²) >= 11 is 0. The van der Waals surface area contributed by atoms with Crippen LogP contribution < -0.4 is 20.1 Å². The number of sulfonamides is 1. The lowest BCUT2D eigenvalue weighted by Gasteiger charge is -2.24. The Morgan fingerprint density at radius 1 is 1.15 bits per heavy atom. The van der Waals surface area contributed by atoms with Gasteiger partial charge in [-0.25, -0.2) is 13.1 Å². The Morgan fingerprint density at radius 3 is 2.54 bits per heavy atom. The molecule has 1 amide bonds. The summed E-state index contributed by atoms with van der Waals surface area (Å²) in [4.78, 5) is 12.6. The summed E-state index contributed by atoms with van der Waals surface area (Å²) in [5.74, 6) is -0.0231. The van der Waals surface area contributed by atoms with Gasteiger partial charge in [0.15, 0.2) is 0 Å². The van der Waals surface area contributed by atoms with Crippen molar-refractivity contribution in [2.45, 2.75) is 55.5 Å². The summed E-state index contributed by atoms with van der Waals surface area (Å²) in [5, 5.41) is 6.21. The molecular formula is C18H27N3O4S. The Balaban J connectivity index is 1.80. The first-order chi connectivity index (χ1) is 12.5. The number of carbonyl (C=O) groups excluding carboxylic acids is 1. The van der Waals surface area contributed by atoms with Gasteiger partial charge in [0.25, 0.3) is 5.91 Å². The lowest BCUT2D eigenvalue weighted by Crippen LogP contribution is -2.45. The SMILES string of the molecule is COc1ccc(C(=O)N[C@H]2CCCNC2)cc1S(=O)(=O)NC1CCCC1. The molecule has 1 saturated carbocycles. The van der Waals surface area contributed by atoms with Crippen LogP contribution in [0, 0.1) is 0 Å². The Hall–Kier alpha value is -1.64. The van der Waals surface area contributed by atoms with E-state index in [-0.39, 0.29) is 28.6 Å². The first-order valence-corrected chi connectivity index (χ1v) is 10.7. The minimum absolute atomic E-state index is 0.0151. The molecule has 1 aromatic carbocycles. The van der Waals surface area contributed by atoms with Crippen LogP contribution in [0.25, 0.3) is 0 Å². The molecule has 0 radical (unpaired) electrons. The highest BCUT2D eigenvalue weighted by molar-refractivity contribution is 7.89. The molecule has 1 aromatic rings. The normalized spacial score (nSPS) is 21.5. The van der Waals surface area contributed by atoms with Crippen molar-refractivity contribution in [2.75, 3.05) is 20.2 Å². The van der Waals surface area contributed by atoms with Gasteiger partial charge < -0.3 is 15.4 Å². The maximum atomic E-state index is 12.8. The molecule has 2 aliphatic rings. The molecule has 3 N–H and O–H groups in total. The van der Waals surface area contributed by atoms with Gasteiger partial charge in [0, 0.05) is 24.2 Å². The Morgan fingerprint density at radius 2 is 1.88 bits per heavy atom. The standard InChI is InChI=1S/C18H27N3O4S/c1-25-16-9-8-13(18(22)20-15-7-4-10-19-12-15)11-17(16)26(23,24)21-14-5-2-3-6-14/h8-9,11,14-15,19,21H,2-7,10,12H2,1H3,(H,20,22)/t15-/m0/s1. The van der Waals surface area contributed by atoms with E-state index in [0.717, 1.165) is 51.6 Å². The van der Waals surface area contributed by atoms with Crippen molar-refractivity contribution in [1.29, 1.82) is 0 Å². The van der Waals surface area contributed by atoms with Crippen molar-refractivity contribution in [3.05, 3.63) is 23.8 Å². The van der Waals surface area contributed by atoms with Crippen LogP contribution in [0.15, 0.2) is 23.1 Å². The summed E-state index contributed by atoms with van der Waals surface area (Å²) in [6.07, 6.45) is 5.68. The largest absolute Gasteiger partial charge is 0.495 e. The van der Waals surface area contributed by atoms with Gasteiger partial charge in [0.1, 0.15) is 10.6 Å². The highest BCUT2D eigenvalue weighted by Crippen LogP contribution is 2.27. The number of ether oxygens (including phenoxy) is 1. The average molecular weight is 381 g/mol. The van der Waals surface area contributed by atoms with Gasteiger partial charge in [-0.2, -0.15) is 0 Å². The van der Waals surface area contributed by atoms with Gasteiger partial charge in [-0.15, -0.1) is 0 Å². The zero-order valence-electron chi connectivity index (χ0n) is 15.1. The molecule has 0 aromatic heterocycles. The molecule has 1 aliphatic heterocycles. The number of methoxy groups -OCH3 is 1. The van der Waals surface area contributed by atoms with E-state index < -0.39 is 10.0 Å². The van der Waals surface area contributed by atoms with Crippen LogP contribution in [-0.4, -0.2) is 46.6 Å². The van der Waals surface area contributed by atoms with Crippen molar-refractivity contribution in [2.24, 2.45) is 0 Å². The zero-order chi connectivity index (χ0) is 18.6. The van der Waals surface area contributed by atoms with Gasteiger partial charge in [-0.3, -0.25) is 4.79 Å². The van der Waals surface area contributed by atoms with Crippen LogP contribution in [-0.2, 0) is 10.0 Å². The monoisotopic (exact) mass is 381 g/mol. The molecule has 1 atom stereocenters. The second-order valence-corrected chi connectivity index (χ2v) is 8.67. The molecule has 0 spiro atoms. The molecule has 1 aliphatic carbocycles. The quantitative estimate of drug-likeness (QED) is 0.692. The number of carbonyl (C=O) groups is 1. The molecule has 8 heteroatoms. The van der Waals surface area contributed by atoms with Crippen LogP contribution in [0.4, 0.5) is 0 Å². The van der Waals surface area contributed by atoms with E-state index in [9.17, 15) is 13.2 Å². The van der Waals surface area contributed by atoms with E-state index in [1.54, 1.807) is 6.07 Å². The van der Waals surface area contributed by atoms with Crippen LogP contribution in [0.5, 0.6) is 5.75 Å². The van der Waals surface area contributed by atoms with Gasteiger partial charge in [-0.1, -0.05) is 12.8 Å². The molecular weight excluding hydrogens is 354 g/mol. The molecule has 1 heterocycles. The van der Waals surface area contributed by atoms with E-state index in [2.05, 4.69) is 15.4 Å². The molecule has 144 valence electrons. The van der Waals surface area contributed by atoms with Gasteiger partial charge in [-0.05, 0) is 50.4 Å². The predicted molar refractivity (Wildman–Crippen MR) is 98.9 cm³/mol. The van der Waals surface area contributed by atoms with E-state index in [1.165, 1.54) is 19.2 Å². The third-order valence-electron chi connectivity index (χ3n) is 5.02. The van der Waals surface area contributed by atoms with E-state index in [1.807, 2.05) is 0 Å². The summed E-state index contributed by atoms with van der Waals surface area (Å²) < 4.78 is 33.6. The summed E-state index contributed by atoms with van der Waals surface area (Å²) in [6, 6.07) is 4.56. The smallest absolute Gasteiger partial charge is 0.251 e. The molecule has 7 nitrogen and oxygen atoms in total. The number of rotatable bonds is 6. The summed E-state index contributed by atoms with van der Waals surface area (Å²) in [7, 11) is -2.31. The molecule has 3 rings (SSSR count). The molecule has 26 heavy (non-hydrogen) atoms. The highest BCUT2D eigenvalue weighted by atomic mass is 32.2. The lowest BCUT2D eigenvalue weighted by atomic mass is 10.1. The summed E-state index contributed by atoms with van der Waals surface area (Å²) in [5.41, 5.74) is 0.322. The van der Waals surface area contributed by atoms with Crippen LogP contribution >= 0.6 is 0 Å². The number of benzene rings is 1. The van der Waals surface area contributed by atoms with Crippen LogP contribution in [0.3, 0.4) is 0 Å². The first kappa shape index (κ1) is 19.1. The highest BCUT2D eigenvalue weighted by Gasteiger charge is 2.27. The number of hydrogen-bond acceptors (Lipinski definition) is 5. The van der Waals surface area contributed by atoms with Crippen molar-refractivity contribution < 1.29 is 17.9 Å². The van der Waals surface area contributed by atoms with Crippen molar-refractivity contribution in [1.82, 2.24) is 15.4 Å². The van der Waals surface area contributed by atoms with E-state index in [4.69, 9.17) is 4.74 Å². The van der Waals surface area contributed by atoms with Gasteiger partial charge >= 0.3 is 0 Å². The maximum Gasteiger partial charge on any atom is 0.251 e. The second-order valence-electron chi connectivity index (χ2n) is 6.99. The lowest BCUT2D eigenvalue weighted by molar-refractivity contribution is 0.0930. The third kappa shape index (κ3) is 4.55. The average Bonchev–Trinajstić information content (AvgIpc) is 3.14. The number of nitrogens with one attached hydrogen (secondary N) is 3. The maximum absolute atomic E-state index is 12.8. The predicted octanol–water partition coefficient (Wildman–Crippen LogP) is 1.40. The van der Waals surface area contributed by atoms with Gasteiger partial charge in [0.2, 0.25) is 10.0 Å². The minimum atomic E-state index is -3.74. The second kappa shape index (κ2) is 8.37. The molecule has 0 unspecified atom stereocenters. The van der Waals surface area contributed by atoms with Crippen molar-refractivity contribution in [3.8, 4) is 5.75 Å². The Bertz CT molecular complexity index is 739. The van der Waals surface area contributed by atoms with Crippen molar-refractivity contribution >= 4 is 15.9 Å². The number of hydrogen-bond donors (Lipinski definition) is 3. The van der Waals surface area contributed by atoms with E-state index >= 15 is 0 Å². The third-order valence-corrected chi connectivity index (χ3v) is 6.57. The van der Waals surface area contributed by atoms with E-state index in [0.29, 0.717) is 5.56 Å². The minimum Gasteiger partial charge on any atom is -0.495 e. The summed E-state index contributed by atoms with van der Waals surface area (Å²) in [6.45, 7) is 1.69. The van der Waals surface area contributed by atoms with Crippen LogP contribution in [0.2, 0.25) is 0 Å². The number of piperidine rings is 1. The van der Waals surface area contributed by atoms with Crippen molar-refractivity contribution in [3.63, 3.8) is 0 Å². The van der Waals surface area contributed by atoms with Gasteiger partial charge in [0.05, 0.1) is 7.11 Å². The van der Waals surface area contributed by atoms with Crippen LogP contribution in [0.1, 0.15) is 48.9 Å². The fraction of sp³-hybridized carbons (Fsp3) is 0.611. The topological polar surface area (TPSA) is 96.5 Å². The first-order valence-electron chi connectivity index (χ1n) is 9.21. The molecule has 2 fully saturated rings. The Labute approximate surface area is 154 Å².